The predicted octanol–water partition coefficient (Wildman–Crippen LogP) is 2.89. The van der Waals surface area contributed by atoms with E-state index in [4.69, 9.17) is 11.6 Å². The molecule has 3 N–H and O–H groups in total. The average molecular weight is 308 g/mol. The van der Waals surface area contributed by atoms with Crippen molar-refractivity contribution in [2.45, 2.75) is 32.7 Å². The third-order valence-electron chi connectivity index (χ3n) is 3.17. The molecule has 2 aromatic rings. The topological polar surface area (TPSA) is 78.0 Å². The maximum atomic E-state index is 12.1. The van der Waals surface area contributed by atoms with Gasteiger partial charge in [-0.25, -0.2) is 4.98 Å². The summed E-state index contributed by atoms with van der Waals surface area (Å²) in [6.45, 7) is 3.91. The van der Waals surface area contributed by atoms with Crippen LogP contribution in [0.4, 0.5) is 0 Å². The fourth-order valence-corrected chi connectivity index (χ4v) is 2.27. The van der Waals surface area contributed by atoms with Gasteiger partial charge >= 0.3 is 0 Å². The lowest BCUT2D eigenvalue weighted by Crippen LogP contribution is -2.30. The van der Waals surface area contributed by atoms with E-state index in [-0.39, 0.29) is 29.1 Å². The first-order valence-corrected chi connectivity index (χ1v) is 7.15. The molecule has 1 amide bonds. The number of benzene rings is 1. The smallest absolute Gasteiger partial charge is 0.225 e. The molecule has 112 valence electrons. The van der Waals surface area contributed by atoms with Gasteiger partial charge in [0.05, 0.1) is 17.5 Å². The lowest BCUT2D eigenvalue weighted by atomic mass is 10.1. The van der Waals surface area contributed by atoms with E-state index in [0.717, 1.165) is 23.5 Å². The number of aromatic hydroxyl groups is 1. The quantitative estimate of drug-likeness (QED) is 0.795. The third-order valence-corrected chi connectivity index (χ3v) is 3.48. The maximum absolute atomic E-state index is 12.1. The maximum Gasteiger partial charge on any atom is 0.225 e. The highest BCUT2D eigenvalue weighted by Crippen LogP contribution is 2.24. The molecular formula is C15H18ClN3O2. The van der Waals surface area contributed by atoms with Gasteiger partial charge in [0.1, 0.15) is 11.6 Å². The lowest BCUT2D eigenvalue weighted by Gasteiger charge is -2.15. The van der Waals surface area contributed by atoms with Gasteiger partial charge in [-0.3, -0.25) is 4.79 Å². The number of aryl methyl sites for hydroxylation is 1. The summed E-state index contributed by atoms with van der Waals surface area (Å²) in [4.78, 5) is 19.5. The molecule has 0 aliphatic rings. The van der Waals surface area contributed by atoms with Crippen molar-refractivity contribution in [3.05, 3.63) is 46.5 Å². The Labute approximate surface area is 128 Å². The number of imidazole rings is 1. The van der Waals surface area contributed by atoms with Crippen LogP contribution in [0.15, 0.2) is 24.4 Å². The Hall–Kier alpha value is -2.01. The summed E-state index contributed by atoms with van der Waals surface area (Å²) >= 11 is 5.83. The Bertz CT molecular complexity index is 640. The molecule has 0 saturated carbocycles. The summed E-state index contributed by atoms with van der Waals surface area (Å²) in [7, 11) is 0. The van der Waals surface area contributed by atoms with Crippen molar-refractivity contribution in [3.8, 4) is 5.75 Å². The standard InChI is InChI=1S/C15H18ClN3O2/c1-3-12(15-17-8-9(2)18-15)19-14(21)7-10-4-5-13(20)11(16)6-10/h4-6,8,12,20H,3,7H2,1-2H3,(H,17,18)(H,19,21)/t12-/m0/s1. The van der Waals surface area contributed by atoms with Gasteiger partial charge in [-0.1, -0.05) is 24.6 Å². The van der Waals surface area contributed by atoms with Crippen molar-refractivity contribution < 1.29 is 9.90 Å². The number of hydrogen-bond donors (Lipinski definition) is 3. The minimum absolute atomic E-state index is 0.0123. The Morgan fingerprint density at radius 3 is 2.86 bits per heavy atom. The molecule has 1 heterocycles. The zero-order valence-corrected chi connectivity index (χ0v) is 12.7. The van der Waals surface area contributed by atoms with E-state index in [2.05, 4.69) is 15.3 Å². The largest absolute Gasteiger partial charge is 0.506 e. The Kier molecular flexibility index (Phi) is 4.85. The van der Waals surface area contributed by atoms with Gasteiger partial charge in [0, 0.05) is 11.9 Å². The van der Waals surface area contributed by atoms with Crippen LogP contribution in [0.5, 0.6) is 5.75 Å². The first-order chi connectivity index (χ1) is 9.99. The summed E-state index contributed by atoms with van der Waals surface area (Å²) in [6, 6.07) is 4.62. The number of hydrogen-bond acceptors (Lipinski definition) is 3. The van der Waals surface area contributed by atoms with Gasteiger partial charge < -0.3 is 15.4 Å². The third kappa shape index (κ3) is 3.98. The second-order valence-corrected chi connectivity index (χ2v) is 5.35. The van der Waals surface area contributed by atoms with E-state index in [1.54, 1.807) is 18.3 Å². The number of phenols is 1. The predicted molar refractivity (Wildman–Crippen MR) is 81.3 cm³/mol. The Morgan fingerprint density at radius 1 is 1.52 bits per heavy atom. The second-order valence-electron chi connectivity index (χ2n) is 4.94. The number of rotatable bonds is 5. The molecule has 1 atom stereocenters. The molecule has 5 nitrogen and oxygen atoms in total. The summed E-state index contributed by atoms with van der Waals surface area (Å²) in [5, 5.41) is 12.6. The first-order valence-electron chi connectivity index (χ1n) is 6.78. The first kappa shape index (κ1) is 15.4. The summed E-state index contributed by atoms with van der Waals surface area (Å²) in [5.41, 5.74) is 1.71. The minimum atomic E-state index is -0.140. The van der Waals surface area contributed by atoms with Crippen LogP contribution in [0.2, 0.25) is 5.02 Å². The van der Waals surface area contributed by atoms with Crippen molar-refractivity contribution in [3.63, 3.8) is 0 Å². The van der Waals surface area contributed by atoms with Crippen molar-refractivity contribution in [1.82, 2.24) is 15.3 Å². The van der Waals surface area contributed by atoms with Crippen molar-refractivity contribution in [1.29, 1.82) is 0 Å². The monoisotopic (exact) mass is 307 g/mol. The number of carbonyl (C=O) groups excluding carboxylic acids is 1. The molecule has 1 aromatic carbocycles. The molecule has 0 saturated heterocycles. The normalized spacial score (nSPS) is 12.1. The fraction of sp³-hybridized carbons (Fsp3) is 0.333. The molecule has 0 fully saturated rings. The van der Waals surface area contributed by atoms with Crippen LogP contribution in [-0.4, -0.2) is 21.0 Å². The van der Waals surface area contributed by atoms with E-state index in [1.807, 2.05) is 13.8 Å². The van der Waals surface area contributed by atoms with Crippen LogP contribution < -0.4 is 5.32 Å². The van der Waals surface area contributed by atoms with E-state index in [0.29, 0.717) is 0 Å². The fourth-order valence-electron chi connectivity index (χ4n) is 2.06. The number of aromatic amines is 1. The van der Waals surface area contributed by atoms with E-state index < -0.39 is 0 Å². The van der Waals surface area contributed by atoms with Crippen LogP contribution in [0, 0.1) is 6.92 Å². The van der Waals surface area contributed by atoms with Crippen LogP contribution in [0.1, 0.15) is 36.5 Å². The van der Waals surface area contributed by atoms with Crippen molar-refractivity contribution in [2.24, 2.45) is 0 Å². The molecule has 2 rings (SSSR count). The van der Waals surface area contributed by atoms with Gasteiger partial charge in [-0.2, -0.15) is 0 Å². The number of nitrogens with one attached hydrogen (secondary N) is 2. The minimum Gasteiger partial charge on any atom is -0.506 e. The number of phenolic OH excluding ortho intramolecular Hbond substituents is 1. The molecule has 0 aliphatic heterocycles. The molecule has 21 heavy (non-hydrogen) atoms. The average Bonchev–Trinajstić information content (AvgIpc) is 2.87. The Balaban J connectivity index is 2.01. The molecule has 0 unspecified atom stereocenters. The van der Waals surface area contributed by atoms with Crippen molar-refractivity contribution >= 4 is 17.5 Å². The van der Waals surface area contributed by atoms with Crippen LogP contribution in [0.25, 0.3) is 0 Å². The molecule has 6 heteroatoms. The highest BCUT2D eigenvalue weighted by molar-refractivity contribution is 6.32. The SMILES string of the molecule is CC[C@H](NC(=O)Cc1ccc(O)c(Cl)c1)c1ncc(C)[nH]1. The van der Waals surface area contributed by atoms with Crippen LogP contribution >= 0.6 is 11.6 Å². The summed E-state index contributed by atoms with van der Waals surface area (Å²) in [6.07, 6.45) is 2.69. The van der Waals surface area contributed by atoms with Gasteiger partial charge in [0.2, 0.25) is 5.91 Å². The summed E-state index contributed by atoms with van der Waals surface area (Å²) < 4.78 is 0. The number of aromatic nitrogens is 2. The highest BCUT2D eigenvalue weighted by atomic mass is 35.5. The van der Waals surface area contributed by atoms with Crippen molar-refractivity contribution in [2.75, 3.05) is 0 Å². The van der Waals surface area contributed by atoms with Gasteiger partial charge in [0.25, 0.3) is 0 Å². The molecule has 1 aromatic heterocycles. The van der Waals surface area contributed by atoms with Crippen LogP contribution in [-0.2, 0) is 11.2 Å². The van der Waals surface area contributed by atoms with Gasteiger partial charge in [-0.05, 0) is 31.0 Å². The molecule has 0 aliphatic carbocycles. The number of nitrogens with zero attached hydrogens (tertiary/aromatic N) is 1. The summed E-state index contributed by atoms with van der Waals surface area (Å²) in [5.74, 6) is 0.656. The number of carbonyl (C=O) groups is 1. The zero-order valence-electron chi connectivity index (χ0n) is 12.0. The number of halogens is 1. The molecule has 0 spiro atoms. The second kappa shape index (κ2) is 6.63. The number of amides is 1. The van der Waals surface area contributed by atoms with Crippen LogP contribution in [0.3, 0.4) is 0 Å². The van der Waals surface area contributed by atoms with Gasteiger partial charge in [0.15, 0.2) is 0 Å². The number of H-pyrrole nitrogens is 1. The molecule has 0 bridgehead atoms. The Morgan fingerprint density at radius 2 is 2.29 bits per heavy atom. The van der Waals surface area contributed by atoms with E-state index in [1.165, 1.54) is 6.07 Å². The highest BCUT2D eigenvalue weighted by Gasteiger charge is 2.16. The molecule has 0 radical (unpaired) electrons. The zero-order chi connectivity index (χ0) is 15.4. The van der Waals surface area contributed by atoms with E-state index >= 15 is 0 Å². The van der Waals surface area contributed by atoms with Gasteiger partial charge in [-0.15, -0.1) is 0 Å². The molecular weight excluding hydrogens is 290 g/mol. The lowest BCUT2D eigenvalue weighted by molar-refractivity contribution is -0.121. The van der Waals surface area contributed by atoms with E-state index in [9.17, 15) is 9.90 Å².